The second-order valence-corrected chi connectivity index (χ2v) is 3.68. The van der Waals surface area contributed by atoms with Gasteiger partial charge in [-0.15, -0.1) is 12.4 Å². The summed E-state index contributed by atoms with van der Waals surface area (Å²) in [6.45, 7) is 0.908. The second-order valence-electron chi connectivity index (χ2n) is 3.68. The van der Waals surface area contributed by atoms with Gasteiger partial charge in [0.1, 0.15) is 0 Å². The summed E-state index contributed by atoms with van der Waals surface area (Å²) in [4.78, 5) is 0. The Morgan fingerprint density at radius 1 is 1.25 bits per heavy atom. The van der Waals surface area contributed by atoms with E-state index in [4.69, 9.17) is 0 Å². The Labute approximate surface area is 75.1 Å². The van der Waals surface area contributed by atoms with Crippen molar-refractivity contribution in [2.75, 3.05) is 13.1 Å². The largest absolute Gasteiger partial charge is 0.395 e. The molecule has 0 aromatic heterocycles. The lowest BCUT2D eigenvalue weighted by molar-refractivity contribution is -0.270. The molecule has 2 saturated heterocycles. The third-order valence-corrected chi connectivity index (χ3v) is 2.86. The zero-order valence-corrected chi connectivity index (χ0v) is 7.26. The van der Waals surface area contributed by atoms with E-state index in [0.29, 0.717) is 12.8 Å². The minimum Gasteiger partial charge on any atom is -0.316 e. The summed E-state index contributed by atoms with van der Waals surface area (Å²) in [5.74, 6) is 0.283. The maximum atomic E-state index is 12.3. The third kappa shape index (κ3) is 1.21. The van der Waals surface area contributed by atoms with Crippen LogP contribution in [0.3, 0.4) is 0 Å². The summed E-state index contributed by atoms with van der Waals surface area (Å²) in [6, 6.07) is 0. The van der Waals surface area contributed by atoms with Crippen LogP contribution in [-0.2, 0) is 0 Å². The maximum Gasteiger partial charge on any atom is 0.395 e. The van der Waals surface area contributed by atoms with E-state index in [1.165, 1.54) is 0 Å². The van der Waals surface area contributed by atoms with Crippen molar-refractivity contribution >= 4 is 12.4 Å². The molecule has 0 spiro atoms. The van der Waals surface area contributed by atoms with Gasteiger partial charge in [-0.3, -0.25) is 0 Å². The molecular formula is C7H11ClF3N. The summed E-state index contributed by atoms with van der Waals surface area (Å²) in [7, 11) is 0. The van der Waals surface area contributed by atoms with Crippen LogP contribution in [0.1, 0.15) is 12.8 Å². The zero-order chi connectivity index (χ0) is 8.11. The maximum absolute atomic E-state index is 12.3. The molecule has 2 heterocycles. The first kappa shape index (κ1) is 10.1. The fourth-order valence-corrected chi connectivity index (χ4v) is 2.18. The molecule has 0 amide bonds. The molecule has 72 valence electrons. The highest BCUT2D eigenvalue weighted by molar-refractivity contribution is 5.85. The van der Waals surface area contributed by atoms with Crippen LogP contribution in [0.4, 0.5) is 13.2 Å². The number of piperidine rings is 2. The SMILES string of the molecule is Cl.FC(F)(F)C12CNCC(C1)C2. The molecule has 0 radical (unpaired) electrons. The first-order valence-electron chi connectivity index (χ1n) is 3.81. The normalized spacial score (nSPS) is 39.8. The molecule has 2 bridgehead atoms. The Kier molecular flexibility index (Phi) is 2.34. The average Bonchev–Trinajstić information content (AvgIpc) is 1.85. The van der Waals surface area contributed by atoms with Crippen molar-refractivity contribution in [3.63, 3.8) is 0 Å². The summed E-state index contributed by atoms with van der Waals surface area (Å²) in [6.07, 6.45) is -3.29. The second kappa shape index (κ2) is 2.77. The summed E-state index contributed by atoms with van der Waals surface area (Å²) in [5, 5.41) is 2.81. The number of rotatable bonds is 0. The van der Waals surface area contributed by atoms with E-state index in [-0.39, 0.29) is 24.9 Å². The van der Waals surface area contributed by atoms with E-state index >= 15 is 0 Å². The van der Waals surface area contributed by atoms with E-state index in [9.17, 15) is 13.2 Å². The first-order chi connectivity index (χ1) is 5.04. The Hall–Kier alpha value is 0.0400. The average molecular weight is 202 g/mol. The molecule has 0 unspecified atom stereocenters. The lowest BCUT2D eigenvalue weighted by Gasteiger charge is -2.53. The predicted octanol–water partition coefficient (Wildman–Crippen LogP) is 1.97. The van der Waals surface area contributed by atoms with Crippen LogP contribution in [0, 0.1) is 11.3 Å². The molecule has 0 aromatic carbocycles. The minimum atomic E-state index is -3.99. The van der Waals surface area contributed by atoms with Crippen LogP contribution < -0.4 is 5.32 Å². The molecule has 3 aliphatic rings. The lowest BCUT2D eigenvalue weighted by atomic mass is 9.59. The van der Waals surface area contributed by atoms with Gasteiger partial charge in [0.15, 0.2) is 0 Å². The van der Waals surface area contributed by atoms with Crippen molar-refractivity contribution in [2.45, 2.75) is 19.0 Å². The molecule has 0 aromatic rings. The minimum absolute atomic E-state index is 0. The van der Waals surface area contributed by atoms with Crippen molar-refractivity contribution in [2.24, 2.45) is 11.3 Å². The van der Waals surface area contributed by atoms with Crippen molar-refractivity contribution in [1.82, 2.24) is 5.32 Å². The van der Waals surface area contributed by atoms with Gasteiger partial charge in [0.2, 0.25) is 0 Å². The molecule has 3 rings (SSSR count). The number of fused-ring (bicyclic) bond motifs is 2. The van der Waals surface area contributed by atoms with Crippen molar-refractivity contribution < 1.29 is 13.2 Å². The van der Waals surface area contributed by atoms with Crippen LogP contribution in [-0.4, -0.2) is 19.3 Å². The summed E-state index contributed by atoms with van der Waals surface area (Å²) >= 11 is 0. The van der Waals surface area contributed by atoms with Gasteiger partial charge in [-0.05, 0) is 25.3 Å². The van der Waals surface area contributed by atoms with E-state index < -0.39 is 11.6 Å². The molecular weight excluding hydrogens is 191 g/mol. The number of hydrogen-bond donors (Lipinski definition) is 1. The molecule has 12 heavy (non-hydrogen) atoms. The van der Waals surface area contributed by atoms with Gasteiger partial charge in [0, 0.05) is 6.54 Å². The van der Waals surface area contributed by atoms with Crippen molar-refractivity contribution in [3.05, 3.63) is 0 Å². The lowest BCUT2D eigenvalue weighted by Crippen LogP contribution is -2.61. The summed E-state index contributed by atoms with van der Waals surface area (Å²) < 4.78 is 37.0. The Bertz CT molecular complexity index is 168. The van der Waals surface area contributed by atoms with Crippen LogP contribution >= 0.6 is 12.4 Å². The molecule has 1 saturated carbocycles. The quantitative estimate of drug-likeness (QED) is 0.632. The fraction of sp³-hybridized carbons (Fsp3) is 1.00. The fourth-order valence-electron chi connectivity index (χ4n) is 2.18. The molecule has 1 N–H and O–H groups in total. The first-order valence-corrected chi connectivity index (χ1v) is 3.81. The van der Waals surface area contributed by atoms with Crippen LogP contribution in [0.25, 0.3) is 0 Å². The van der Waals surface area contributed by atoms with E-state index in [1.54, 1.807) is 0 Å². The number of alkyl halides is 3. The van der Waals surface area contributed by atoms with Gasteiger partial charge >= 0.3 is 6.18 Å². The van der Waals surface area contributed by atoms with Crippen LogP contribution in [0.2, 0.25) is 0 Å². The highest BCUT2D eigenvalue weighted by atomic mass is 35.5. The summed E-state index contributed by atoms with van der Waals surface area (Å²) in [5.41, 5.74) is -1.35. The van der Waals surface area contributed by atoms with E-state index in [1.807, 2.05) is 0 Å². The Morgan fingerprint density at radius 3 is 2.08 bits per heavy atom. The molecule has 5 heteroatoms. The van der Waals surface area contributed by atoms with E-state index in [0.717, 1.165) is 6.54 Å². The smallest absolute Gasteiger partial charge is 0.316 e. The monoisotopic (exact) mass is 201 g/mol. The van der Waals surface area contributed by atoms with Crippen molar-refractivity contribution in [1.29, 1.82) is 0 Å². The molecule has 1 aliphatic carbocycles. The van der Waals surface area contributed by atoms with E-state index in [2.05, 4.69) is 5.32 Å². The third-order valence-electron chi connectivity index (χ3n) is 2.86. The molecule has 1 nitrogen and oxygen atoms in total. The standard InChI is InChI=1S/C7H10F3N.ClH/c8-7(9,10)6-1-5(2-6)3-11-4-6;/h5,11H,1-4H2;1H. The van der Waals surface area contributed by atoms with Gasteiger partial charge in [-0.2, -0.15) is 13.2 Å². The van der Waals surface area contributed by atoms with Gasteiger partial charge in [-0.25, -0.2) is 0 Å². The van der Waals surface area contributed by atoms with Gasteiger partial charge in [0.25, 0.3) is 0 Å². The van der Waals surface area contributed by atoms with Crippen molar-refractivity contribution in [3.8, 4) is 0 Å². The predicted molar refractivity (Wildman–Crippen MR) is 41.3 cm³/mol. The number of nitrogens with one attached hydrogen (secondary N) is 1. The Balaban J connectivity index is 0.000000720. The molecule has 2 aliphatic heterocycles. The van der Waals surface area contributed by atoms with Gasteiger partial charge < -0.3 is 5.32 Å². The number of halogens is 4. The van der Waals surface area contributed by atoms with Gasteiger partial charge in [0.05, 0.1) is 5.41 Å². The molecule has 3 fully saturated rings. The van der Waals surface area contributed by atoms with Crippen LogP contribution in [0.5, 0.6) is 0 Å². The Morgan fingerprint density at radius 2 is 1.83 bits per heavy atom. The highest BCUT2D eigenvalue weighted by Gasteiger charge is 2.63. The highest BCUT2D eigenvalue weighted by Crippen LogP contribution is 2.57. The molecule has 0 atom stereocenters. The topological polar surface area (TPSA) is 12.0 Å². The number of hydrogen-bond acceptors (Lipinski definition) is 1. The zero-order valence-electron chi connectivity index (χ0n) is 6.45. The van der Waals surface area contributed by atoms with Gasteiger partial charge in [-0.1, -0.05) is 0 Å². The van der Waals surface area contributed by atoms with Crippen LogP contribution in [0.15, 0.2) is 0 Å².